The molecule has 1 N–H and O–H groups in total. The summed E-state index contributed by atoms with van der Waals surface area (Å²) in [5, 5.41) is 8.81. The third kappa shape index (κ3) is 4.06. The number of hydrogen-bond donors (Lipinski definition) is 1. The third-order valence-corrected chi connectivity index (χ3v) is 5.22. The minimum absolute atomic E-state index is 0.00639. The van der Waals surface area contributed by atoms with E-state index in [4.69, 9.17) is 0 Å². The Labute approximate surface area is 159 Å². The molecule has 1 aliphatic heterocycles. The molecular formula is C21H27N5O. The number of hydrogen-bond acceptors (Lipinski definition) is 3. The molecule has 0 aliphatic carbocycles. The quantitative estimate of drug-likeness (QED) is 0.700. The van der Waals surface area contributed by atoms with Crippen LogP contribution in [0.3, 0.4) is 0 Å². The average Bonchev–Trinajstić information content (AvgIpc) is 3.28. The zero-order valence-corrected chi connectivity index (χ0v) is 15.9. The summed E-state index contributed by atoms with van der Waals surface area (Å²) in [6.45, 7) is 7.13. The van der Waals surface area contributed by atoms with Crippen LogP contribution in [0.2, 0.25) is 0 Å². The first-order valence-corrected chi connectivity index (χ1v) is 9.81. The molecular weight excluding hydrogens is 338 g/mol. The molecule has 0 unspecified atom stereocenters. The van der Waals surface area contributed by atoms with Crippen LogP contribution in [0, 0.1) is 0 Å². The van der Waals surface area contributed by atoms with Crippen molar-refractivity contribution in [3.05, 3.63) is 54.0 Å². The molecule has 0 saturated carbocycles. The molecule has 0 spiro atoms. The lowest BCUT2D eigenvalue weighted by atomic mass is 10.2. The fourth-order valence-corrected chi connectivity index (χ4v) is 3.72. The number of carbonyl (C=O) groups is 1. The predicted octanol–water partition coefficient (Wildman–Crippen LogP) is 2.77. The number of unbranched alkanes of at least 4 members (excludes halogenated alkanes) is 1. The van der Waals surface area contributed by atoms with Gasteiger partial charge in [0.25, 0.3) is 0 Å². The zero-order chi connectivity index (χ0) is 18.6. The van der Waals surface area contributed by atoms with Crippen LogP contribution >= 0.6 is 0 Å². The van der Waals surface area contributed by atoms with Crippen LogP contribution in [-0.4, -0.2) is 38.2 Å². The van der Waals surface area contributed by atoms with Crippen LogP contribution in [0.5, 0.6) is 0 Å². The Balaban J connectivity index is 1.33. The van der Waals surface area contributed by atoms with Gasteiger partial charge >= 0.3 is 0 Å². The van der Waals surface area contributed by atoms with Gasteiger partial charge in [0, 0.05) is 24.8 Å². The van der Waals surface area contributed by atoms with Gasteiger partial charge < -0.3 is 9.88 Å². The number of rotatable bonds is 7. The normalized spacial score (nSPS) is 14.4. The van der Waals surface area contributed by atoms with Crippen molar-refractivity contribution < 1.29 is 4.79 Å². The molecule has 142 valence electrons. The van der Waals surface area contributed by atoms with Crippen molar-refractivity contribution in [2.45, 2.75) is 45.9 Å². The Morgan fingerprint density at radius 2 is 2.11 bits per heavy atom. The summed E-state index contributed by atoms with van der Waals surface area (Å²) < 4.78 is 4.07. The Bertz CT molecular complexity index is 926. The smallest absolute Gasteiger partial charge is 0.240 e. The predicted molar refractivity (Wildman–Crippen MR) is 106 cm³/mol. The molecule has 6 heteroatoms. The summed E-state index contributed by atoms with van der Waals surface area (Å²) in [4.78, 5) is 14.9. The molecule has 0 atom stereocenters. The van der Waals surface area contributed by atoms with E-state index in [1.54, 1.807) is 0 Å². The second kappa shape index (κ2) is 7.96. The summed E-state index contributed by atoms with van der Waals surface area (Å²) in [7, 11) is 0. The van der Waals surface area contributed by atoms with Gasteiger partial charge in [-0.15, -0.1) is 0 Å². The van der Waals surface area contributed by atoms with Crippen molar-refractivity contribution in [3.63, 3.8) is 0 Å². The number of para-hydroxylation sites is 1. The van der Waals surface area contributed by atoms with Crippen molar-refractivity contribution >= 4 is 16.8 Å². The van der Waals surface area contributed by atoms with Crippen molar-refractivity contribution in [2.24, 2.45) is 0 Å². The molecule has 2 aromatic heterocycles. The molecule has 0 radical (unpaired) electrons. The first-order chi connectivity index (χ1) is 13.2. The van der Waals surface area contributed by atoms with Gasteiger partial charge in [-0.3, -0.25) is 14.4 Å². The number of carbonyl (C=O) groups excluding carboxylic acids is 1. The van der Waals surface area contributed by atoms with Gasteiger partial charge in [-0.05, 0) is 36.6 Å². The highest BCUT2D eigenvalue weighted by molar-refractivity contribution is 5.83. The molecule has 0 saturated heterocycles. The van der Waals surface area contributed by atoms with Gasteiger partial charge in [0.05, 0.1) is 24.5 Å². The fraction of sp³-hybridized carbons (Fsp3) is 0.429. The first kappa shape index (κ1) is 17.8. The van der Waals surface area contributed by atoms with Crippen LogP contribution in [0.15, 0.2) is 42.6 Å². The van der Waals surface area contributed by atoms with E-state index in [9.17, 15) is 4.79 Å². The van der Waals surface area contributed by atoms with Crippen molar-refractivity contribution in [2.75, 3.05) is 13.1 Å². The minimum atomic E-state index is 0.00639. The molecule has 4 rings (SSSR count). The molecule has 27 heavy (non-hydrogen) atoms. The second-order valence-electron chi connectivity index (χ2n) is 7.26. The maximum Gasteiger partial charge on any atom is 0.240 e. The number of benzene rings is 1. The summed E-state index contributed by atoms with van der Waals surface area (Å²) in [5.41, 5.74) is 3.27. The molecule has 1 amide bonds. The van der Waals surface area contributed by atoms with E-state index in [1.165, 1.54) is 18.5 Å². The topological polar surface area (TPSA) is 55.1 Å². The molecule has 1 aliphatic rings. The standard InChI is InChI=1S/C21H27N5O/c1-2-3-9-24-11-12-26-19(15-24)13-18(23-26)14-22-21(27)16-25-10-8-17-6-4-5-7-20(17)25/h4-8,10,13H,2-3,9,11-12,14-16H2,1H3,(H,22,27). The number of amides is 1. The SMILES string of the molecule is CCCCN1CCn2nc(CNC(=O)Cn3ccc4ccccc43)cc2C1. The Kier molecular flexibility index (Phi) is 5.25. The van der Waals surface area contributed by atoms with E-state index in [1.807, 2.05) is 35.0 Å². The maximum atomic E-state index is 12.4. The van der Waals surface area contributed by atoms with E-state index < -0.39 is 0 Å². The number of aromatic nitrogens is 3. The van der Waals surface area contributed by atoms with E-state index >= 15 is 0 Å². The molecule has 3 heterocycles. The van der Waals surface area contributed by atoms with Crippen molar-refractivity contribution in [1.82, 2.24) is 24.6 Å². The first-order valence-electron chi connectivity index (χ1n) is 9.81. The van der Waals surface area contributed by atoms with Crippen molar-refractivity contribution in [3.8, 4) is 0 Å². The maximum absolute atomic E-state index is 12.4. The van der Waals surface area contributed by atoms with E-state index in [2.05, 4.69) is 39.1 Å². The van der Waals surface area contributed by atoms with Gasteiger partial charge in [0.1, 0.15) is 6.54 Å². The lowest BCUT2D eigenvalue weighted by molar-refractivity contribution is -0.121. The number of nitrogens with zero attached hydrogens (tertiary/aromatic N) is 4. The minimum Gasteiger partial charge on any atom is -0.349 e. The summed E-state index contributed by atoms with van der Waals surface area (Å²) in [5.74, 6) is 0.00639. The van der Waals surface area contributed by atoms with E-state index in [0.29, 0.717) is 13.1 Å². The summed E-state index contributed by atoms with van der Waals surface area (Å²) in [6.07, 6.45) is 4.43. The van der Waals surface area contributed by atoms with E-state index in [-0.39, 0.29) is 5.91 Å². The molecule has 6 nitrogen and oxygen atoms in total. The van der Waals surface area contributed by atoms with E-state index in [0.717, 1.165) is 42.8 Å². The van der Waals surface area contributed by atoms with Crippen LogP contribution in [0.25, 0.3) is 10.9 Å². The van der Waals surface area contributed by atoms with Gasteiger partial charge in [-0.1, -0.05) is 31.5 Å². The van der Waals surface area contributed by atoms with Gasteiger partial charge in [-0.25, -0.2) is 0 Å². The molecule has 3 aromatic rings. The lowest BCUT2D eigenvalue weighted by Crippen LogP contribution is -2.34. The Morgan fingerprint density at radius 1 is 1.22 bits per heavy atom. The second-order valence-corrected chi connectivity index (χ2v) is 7.26. The lowest BCUT2D eigenvalue weighted by Gasteiger charge is -2.27. The highest BCUT2D eigenvalue weighted by Gasteiger charge is 2.18. The van der Waals surface area contributed by atoms with Crippen molar-refractivity contribution in [1.29, 1.82) is 0 Å². The van der Waals surface area contributed by atoms with Crippen LogP contribution in [0.4, 0.5) is 0 Å². The summed E-state index contributed by atoms with van der Waals surface area (Å²) in [6, 6.07) is 12.3. The number of fused-ring (bicyclic) bond motifs is 2. The Hall–Kier alpha value is -2.60. The van der Waals surface area contributed by atoms with Gasteiger partial charge in [0.2, 0.25) is 5.91 Å². The molecule has 0 bridgehead atoms. The highest BCUT2D eigenvalue weighted by atomic mass is 16.1. The van der Waals surface area contributed by atoms with Crippen LogP contribution < -0.4 is 5.32 Å². The van der Waals surface area contributed by atoms with Gasteiger partial charge in [-0.2, -0.15) is 5.10 Å². The van der Waals surface area contributed by atoms with Crippen LogP contribution in [0.1, 0.15) is 31.2 Å². The Morgan fingerprint density at radius 3 is 3.00 bits per heavy atom. The third-order valence-electron chi connectivity index (χ3n) is 5.22. The fourth-order valence-electron chi connectivity index (χ4n) is 3.72. The highest BCUT2D eigenvalue weighted by Crippen LogP contribution is 2.16. The molecule has 0 fully saturated rings. The summed E-state index contributed by atoms with van der Waals surface area (Å²) >= 11 is 0. The van der Waals surface area contributed by atoms with Crippen LogP contribution in [-0.2, 0) is 31.0 Å². The largest absolute Gasteiger partial charge is 0.349 e. The van der Waals surface area contributed by atoms with Gasteiger partial charge in [0.15, 0.2) is 0 Å². The average molecular weight is 365 g/mol. The number of nitrogens with one attached hydrogen (secondary N) is 1. The monoisotopic (exact) mass is 365 g/mol. The molecule has 1 aromatic carbocycles. The zero-order valence-electron chi connectivity index (χ0n) is 15.9.